The summed E-state index contributed by atoms with van der Waals surface area (Å²) in [6.45, 7) is 2.05. The maximum absolute atomic E-state index is 6.07. The Kier molecular flexibility index (Phi) is 4.49. The summed E-state index contributed by atoms with van der Waals surface area (Å²) in [6, 6.07) is 9.87. The summed E-state index contributed by atoms with van der Waals surface area (Å²) in [4.78, 5) is 4.18. The molecular formula is C13H11BrCl2N2. The van der Waals surface area contributed by atoms with Crippen molar-refractivity contribution >= 4 is 44.9 Å². The van der Waals surface area contributed by atoms with E-state index < -0.39 is 0 Å². The van der Waals surface area contributed by atoms with Gasteiger partial charge in [-0.3, -0.25) is 0 Å². The average Bonchev–Trinajstić information content (AvgIpc) is 2.32. The van der Waals surface area contributed by atoms with E-state index in [1.54, 1.807) is 12.3 Å². The minimum Gasteiger partial charge on any atom is -0.362 e. The quantitative estimate of drug-likeness (QED) is 0.813. The zero-order valence-corrected chi connectivity index (χ0v) is 12.7. The molecule has 18 heavy (non-hydrogen) atoms. The summed E-state index contributed by atoms with van der Waals surface area (Å²) in [5.41, 5.74) is 1.15. The Hall–Kier alpha value is -0.770. The fraction of sp³-hybridized carbons (Fsp3) is 0.154. The number of anilines is 1. The van der Waals surface area contributed by atoms with Gasteiger partial charge in [-0.25, -0.2) is 4.98 Å². The lowest BCUT2D eigenvalue weighted by molar-refractivity contribution is 0.874. The van der Waals surface area contributed by atoms with Crippen molar-refractivity contribution in [1.82, 2.24) is 4.98 Å². The molecule has 0 aliphatic rings. The molecule has 0 bridgehead atoms. The SMILES string of the molecule is CC(Nc1ncc(Cl)cc1Cl)c1cccc(Br)c1. The Morgan fingerprint density at radius 1 is 1.28 bits per heavy atom. The molecule has 1 aromatic heterocycles. The van der Waals surface area contributed by atoms with Crippen LogP contribution in [0.3, 0.4) is 0 Å². The van der Waals surface area contributed by atoms with Crippen LogP contribution in [0.1, 0.15) is 18.5 Å². The number of rotatable bonds is 3. The second-order valence-corrected chi connectivity index (χ2v) is 5.66. The number of halogens is 3. The third-order valence-corrected chi connectivity index (χ3v) is 3.50. The number of hydrogen-bond acceptors (Lipinski definition) is 2. The number of nitrogens with one attached hydrogen (secondary N) is 1. The molecule has 5 heteroatoms. The highest BCUT2D eigenvalue weighted by Crippen LogP contribution is 2.27. The molecule has 1 aromatic carbocycles. The second-order valence-electron chi connectivity index (χ2n) is 3.90. The van der Waals surface area contributed by atoms with Gasteiger partial charge in [0.05, 0.1) is 16.1 Å². The number of benzene rings is 1. The Labute approximate surface area is 124 Å². The van der Waals surface area contributed by atoms with Crippen LogP contribution in [0.5, 0.6) is 0 Å². The van der Waals surface area contributed by atoms with Gasteiger partial charge in [-0.05, 0) is 30.7 Å². The van der Waals surface area contributed by atoms with Crippen LogP contribution in [0.25, 0.3) is 0 Å². The molecule has 0 radical (unpaired) electrons. The molecule has 0 aliphatic heterocycles. The molecule has 1 atom stereocenters. The summed E-state index contributed by atoms with van der Waals surface area (Å²) in [6.07, 6.45) is 1.57. The van der Waals surface area contributed by atoms with Crippen molar-refractivity contribution < 1.29 is 0 Å². The topological polar surface area (TPSA) is 24.9 Å². The van der Waals surface area contributed by atoms with E-state index >= 15 is 0 Å². The average molecular weight is 346 g/mol. The summed E-state index contributed by atoms with van der Waals surface area (Å²) in [5, 5.41) is 4.30. The highest BCUT2D eigenvalue weighted by molar-refractivity contribution is 9.10. The first kappa shape index (κ1) is 13.7. The molecule has 2 nitrogen and oxygen atoms in total. The number of pyridine rings is 1. The van der Waals surface area contributed by atoms with Crippen LogP contribution in [0.2, 0.25) is 10.0 Å². The second kappa shape index (κ2) is 5.91. The fourth-order valence-corrected chi connectivity index (χ4v) is 2.44. The summed E-state index contributed by atoms with van der Waals surface area (Å²) < 4.78 is 1.05. The molecule has 0 saturated heterocycles. The Bertz CT molecular complexity index is 560. The summed E-state index contributed by atoms with van der Waals surface area (Å²) in [7, 11) is 0. The van der Waals surface area contributed by atoms with Gasteiger partial charge in [-0.1, -0.05) is 51.3 Å². The molecule has 1 N–H and O–H groups in total. The Morgan fingerprint density at radius 3 is 2.72 bits per heavy atom. The molecule has 0 spiro atoms. The van der Waals surface area contributed by atoms with Crippen molar-refractivity contribution in [3.63, 3.8) is 0 Å². The van der Waals surface area contributed by atoms with Crippen molar-refractivity contribution in [3.8, 4) is 0 Å². The molecule has 94 valence electrons. The first-order valence-electron chi connectivity index (χ1n) is 5.39. The number of aromatic nitrogens is 1. The van der Waals surface area contributed by atoms with E-state index in [-0.39, 0.29) is 6.04 Å². The summed E-state index contributed by atoms with van der Waals surface area (Å²) in [5.74, 6) is 0.633. The highest BCUT2D eigenvalue weighted by Gasteiger charge is 2.09. The van der Waals surface area contributed by atoms with Crippen LogP contribution >= 0.6 is 39.1 Å². The summed E-state index contributed by atoms with van der Waals surface area (Å²) >= 11 is 15.3. The van der Waals surface area contributed by atoms with Gasteiger partial charge in [-0.2, -0.15) is 0 Å². The van der Waals surface area contributed by atoms with Crippen LogP contribution in [-0.4, -0.2) is 4.98 Å². The lowest BCUT2D eigenvalue weighted by Gasteiger charge is -2.16. The molecule has 0 saturated carbocycles. The van der Waals surface area contributed by atoms with Crippen molar-refractivity contribution in [2.24, 2.45) is 0 Å². The molecule has 0 aliphatic carbocycles. The van der Waals surface area contributed by atoms with Gasteiger partial charge in [-0.15, -0.1) is 0 Å². The van der Waals surface area contributed by atoms with E-state index in [9.17, 15) is 0 Å². The minimum absolute atomic E-state index is 0.105. The van der Waals surface area contributed by atoms with Crippen LogP contribution in [-0.2, 0) is 0 Å². The van der Waals surface area contributed by atoms with Gasteiger partial charge in [0.15, 0.2) is 0 Å². The third-order valence-electron chi connectivity index (χ3n) is 2.51. The maximum Gasteiger partial charge on any atom is 0.145 e. The first-order valence-corrected chi connectivity index (χ1v) is 6.94. The van der Waals surface area contributed by atoms with Gasteiger partial charge >= 0.3 is 0 Å². The minimum atomic E-state index is 0.105. The zero-order valence-electron chi connectivity index (χ0n) is 9.62. The largest absolute Gasteiger partial charge is 0.362 e. The third kappa shape index (κ3) is 3.37. The smallest absolute Gasteiger partial charge is 0.145 e. The molecule has 1 unspecified atom stereocenters. The molecule has 1 heterocycles. The van der Waals surface area contributed by atoms with Crippen LogP contribution in [0.4, 0.5) is 5.82 Å². The van der Waals surface area contributed by atoms with E-state index in [1.807, 2.05) is 25.1 Å². The van der Waals surface area contributed by atoms with E-state index in [1.165, 1.54) is 0 Å². The van der Waals surface area contributed by atoms with E-state index in [0.717, 1.165) is 10.0 Å². The molecule has 2 aromatic rings. The molecule has 0 fully saturated rings. The monoisotopic (exact) mass is 344 g/mol. The van der Waals surface area contributed by atoms with Crippen molar-refractivity contribution in [1.29, 1.82) is 0 Å². The predicted molar refractivity (Wildman–Crippen MR) is 80.4 cm³/mol. The van der Waals surface area contributed by atoms with E-state index in [2.05, 4.69) is 32.3 Å². The first-order chi connectivity index (χ1) is 8.56. The molecule has 0 amide bonds. The predicted octanol–water partition coefficient (Wildman–Crippen LogP) is 5.32. The molecular weight excluding hydrogens is 335 g/mol. The van der Waals surface area contributed by atoms with Crippen LogP contribution in [0.15, 0.2) is 41.0 Å². The number of nitrogens with zero attached hydrogens (tertiary/aromatic N) is 1. The molecule has 2 rings (SSSR count). The number of hydrogen-bond donors (Lipinski definition) is 1. The maximum atomic E-state index is 6.07. The lowest BCUT2D eigenvalue weighted by Crippen LogP contribution is -2.08. The Morgan fingerprint density at radius 2 is 2.06 bits per heavy atom. The van der Waals surface area contributed by atoms with E-state index in [4.69, 9.17) is 23.2 Å². The van der Waals surface area contributed by atoms with Gasteiger partial charge in [0.1, 0.15) is 5.82 Å². The van der Waals surface area contributed by atoms with Gasteiger partial charge in [0.2, 0.25) is 0 Å². The van der Waals surface area contributed by atoms with Crippen molar-refractivity contribution in [3.05, 3.63) is 56.6 Å². The fourth-order valence-electron chi connectivity index (χ4n) is 1.59. The standard InChI is InChI=1S/C13H11BrCl2N2/c1-8(9-3-2-4-10(14)5-9)18-13-12(16)6-11(15)7-17-13/h2-8H,1H3,(H,17,18). The highest BCUT2D eigenvalue weighted by atomic mass is 79.9. The Balaban J connectivity index is 2.18. The van der Waals surface area contributed by atoms with Crippen molar-refractivity contribution in [2.75, 3.05) is 5.32 Å². The van der Waals surface area contributed by atoms with Crippen LogP contribution in [0, 0.1) is 0 Å². The van der Waals surface area contributed by atoms with Gasteiger partial charge in [0, 0.05) is 10.7 Å². The van der Waals surface area contributed by atoms with Gasteiger partial charge < -0.3 is 5.32 Å². The van der Waals surface area contributed by atoms with E-state index in [0.29, 0.717) is 15.9 Å². The van der Waals surface area contributed by atoms with Gasteiger partial charge in [0.25, 0.3) is 0 Å². The lowest BCUT2D eigenvalue weighted by atomic mass is 10.1. The normalized spacial score (nSPS) is 12.2. The van der Waals surface area contributed by atoms with Crippen molar-refractivity contribution in [2.45, 2.75) is 13.0 Å². The van der Waals surface area contributed by atoms with Crippen LogP contribution < -0.4 is 5.32 Å². The zero-order chi connectivity index (χ0) is 13.1.